The first-order valence-corrected chi connectivity index (χ1v) is 13.4. The zero-order valence-electron chi connectivity index (χ0n) is 22.0. The van der Waals surface area contributed by atoms with Crippen LogP contribution in [0.15, 0.2) is 35.0 Å². The lowest BCUT2D eigenvalue weighted by atomic mass is 9.81. The first-order valence-electron chi connectivity index (χ1n) is 13.4. The fraction of sp³-hybridized carbons (Fsp3) is 0.607. The molecular formula is C28H35N5O5. The summed E-state index contributed by atoms with van der Waals surface area (Å²) in [5.41, 5.74) is -0.639. The van der Waals surface area contributed by atoms with E-state index in [2.05, 4.69) is 34.2 Å². The van der Waals surface area contributed by atoms with Crippen molar-refractivity contribution in [1.29, 1.82) is 5.26 Å². The number of fused-ring (bicyclic) bond motifs is 5. The lowest BCUT2D eigenvalue weighted by Crippen LogP contribution is -2.59. The summed E-state index contributed by atoms with van der Waals surface area (Å²) in [7, 11) is 0. The van der Waals surface area contributed by atoms with Crippen LogP contribution in [0.5, 0.6) is 0 Å². The fourth-order valence-electron chi connectivity index (χ4n) is 6.76. The Hall–Kier alpha value is -3.61. The predicted molar refractivity (Wildman–Crippen MR) is 136 cm³/mol. The number of nitriles is 1. The lowest BCUT2D eigenvalue weighted by Gasteiger charge is -2.36. The van der Waals surface area contributed by atoms with Gasteiger partial charge in [-0.15, -0.1) is 0 Å². The summed E-state index contributed by atoms with van der Waals surface area (Å²) in [5, 5.41) is 18.2. The van der Waals surface area contributed by atoms with E-state index in [-0.39, 0.29) is 53.6 Å². The molecule has 2 aliphatic carbocycles. The van der Waals surface area contributed by atoms with Crippen LogP contribution in [0.2, 0.25) is 0 Å². The largest absolute Gasteiger partial charge is 0.459 e. The van der Waals surface area contributed by atoms with Crippen molar-refractivity contribution in [2.75, 3.05) is 13.1 Å². The van der Waals surface area contributed by atoms with E-state index in [0.29, 0.717) is 25.4 Å². The van der Waals surface area contributed by atoms with Gasteiger partial charge in [0.25, 0.3) is 5.91 Å². The molecule has 2 saturated heterocycles. The molecule has 10 nitrogen and oxygen atoms in total. The maximum Gasteiger partial charge on any atom is 0.287 e. The Bertz CT molecular complexity index is 1180. The van der Waals surface area contributed by atoms with Gasteiger partial charge in [-0.05, 0) is 60.5 Å². The highest BCUT2D eigenvalue weighted by atomic mass is 16.3. The third-order valence-corrected chi connectivity index (χ3v) is 8.64. The Morgan fingerprint density at radius 2 is 2.00 bits per heavy atom. The van der Waals surface area contributed by atoms with Gasteiger partial charge in [-0.1, -0.05) is 32.9 Å². The van der Waals surface area contributed by atoms with E-state index in [0.717, 1.165) is 6.42 Å². The van der Waals surface area contributed by atoms with Gasteiger partial charge in [0.1, 0.15) is 18.1 Å². The molecule has 3 heterocycles. The molecule has 3 fully saturated rings. The van der Waals surface area contributed by atoms with Crippen molar-refractivity contribution in [3.05, 3.63) is 36.3 Å². The molecule has 4 amide bonds. The van der Waals surface area contributed by atoms with Crippen molar-refractivity contribution < 1.29 is 23.6 Å². The minimum Gasteiger partial charge on any atom is -0.459 e. The summed E-state index contributed by atoms with van der Waals surface area (Å²) >= 11 is 0. The summed E-state index contributed by atoms with van der Waals surface area (Å²) < 4.78 is 5.22. The third-order valence-electron chi connectivity index (χ3n) is 8.64. The van der Waals surface area contributed by atoms with Gasteiger partial charge in [0, 0.05) is 19.0 Å². The van der Waals surface area contributed by atoms with Crippen molar-refractivity contribution in [3.63, 3.8) is 0 Å². The van der Waals surface area contributed by atoms with E-state index >= 15 is 0 Å². The van der Waals surface area contributed by atoms with Crippen LogP contribution in [-0.2, 0) is 14.4 Å². The third kappa shape index (κ3) is 4.70. The Balaban J connectivity index is 1.38. The number of carbonyl (C=O) groups is 4. The number of hydrogen-bond donors (Lipinski definition) is 3. The van der Waals surface area contributed by atoms with E-state index in [1.54, 1.807) is 11.0 Å². The Morgan fingerprint density at radius 1 is 1.24 bits per heavy atom. The highest BCUT2D eigenvalue weighted by molar-refractivity contribution is 5.97. The summed E-state index contributed by atoms with van der Waals surface area (Å²) in [4.78, 5) is 54.4. The van der Waals surface area contributed by atoms with E-state index in [1.165, 1.54) is 12.3 Å². The normalized spacial score (nSPS) is 30.9. The highest BCUT2D eigenvalue weighted by Gasteiger charge is 2.59. The van der Waals surface area contributed by atoms with Gasteiger partial charge < -0.3 is 25.3 Å². The molecule has 0 spiro atoms. The van der Waals surface area contributed by atoms with Crippen LogP contribution in [-0.4, -0.2) is 59.7 Å². The zero-order chi connectivity index (χ0) is 27.2. The van der Waals surface area contributed by atoms with Crippen LogP contribution < -0.4 is 16.0 Å². The van der Waals surface area contributed by atoms with E-state index in [9.17, 15) is 24.4 Å². The summed E-state index contributed by atoms with van der Waals surface area (Å²) in [6.07, 6.45) is 7.55. The van der Waals surface area contributed by atoms with Crippen molar-refractivity contribution in [1.82, 2.24) is 20.9 Å². The standard InChI is InChI=1S/C28H35N5O5/c1-28(2,3)23(32-25(35)20-5-4-10-38-20)27(37)33-14-19-15-6-7-16(11-15)21(19)22(33)26(36)31-18(13-29)12-17-8-9-30-24(17)34/h4-7,10,15-19,21-23H,8-9,11-12,14H2,1-3H3,(H,30,34)(H,31,36)(H,32,35)/t15-,16+,17+,18+,19-,21+,22+,23-/m1/s1. The molecule has 0 unspecified atom stereocenters. The molecule has 1 aromatic heterocycles. The maximum atomic E-state index is 14.1. The number of carbonyl (C=O) groups excluding carboxylic acids is 4. The van der Waals surface area contributed by atoms with Gasteiger partial charge in [-0.2, -0.15) is 5.26 Å². The maximum absolute atomic E-state index is 14.1. The van der Waals surface area contributed by atoms with Crippen molar-refractivity contribution in [2.45, 2.75) is 58.2 Å². The minimum atomic E-state index is -0.895. The molecule has 4 aliphatic rings. The monoisotopic (exact) mass is 521 g/mol. The molecule has 0 aromatic carbocycles. The number of nitrogens with zero attached hydrogens (tertiary/aromatic N) is 2. The van der Waals surface area contributed by atoms with Gasteiger partial charge >= 0.3 is 0 Å². The average molecular weight is 522 g/mol. The van der Waals surface area contributed by atoms with Crippen LogP contribution in [0.3, 0.4) is 0 Å². The second-order valence-corrected chi connectivity index (χ2v) is 12.1. The van der Waals surface area contributed by atoms with Crippen LogP contribution in [0.1, 0.15) is 50.6 Å². The molecule has 38 heavy (non-hydrogen) atoms. The van der Waals surface area contributed by atoms with Crippen LogP contribution >= 0.6 is 0 Å². The highest BCUT2D eigenvalue weighted by Crippen LogP contribution is 2.54. The molecule has 3 N–H and O–H groups in total. The predicted octanol–water partition coefficient (Wildman–Crippen LogP) is 1.61. The molecule has 2 bridgehead atoms. The number of rotatable bonds is 7. The minimum absolute atomic E-state index is 0.0514. The summed E-state index contributed by atoms with van der Waals surface area (Å²) in [5.74, 6) is -0.923. The Labute approximate surface area is 222 Å². The molecule has 5 rings (SSSR count). The molecular weight excluding hydrogens is 486 g/mol. The van der Waals surface area contributed by atoms with Gasteiger partial charge in [0.2, 0.25) is 17.7 Å². The average Bonchev–Trinajstić information content (AvgIpc) is 3.68. The Morgan fingerprint density at radius 3 is 2.63 bits per heavy atom. The fourth-order valence-corrected chi connectivity index (χ4v) is 6.76. The van der Waals surface area contributed by atoms with Gasteiger partial charge in [-0.25, -0.2) is 0 Å². The number of nitrogens with one attached hydrogen (secondary N) is 3. The quantitative estimate of drug-likeness (QED) is 0.465. The number of furan rings is 1. The molecule has 1 aromatic rings. The smallest absolute Gasteiger partial charge is 0.287 e. The van der Waals surface area contributed by atoms with Crippen LogP contribution in [0.4, 0.5) is 0 Å². The second kappa shape index (κ2) is 9.93. The zero-order valence-corrected chi connectivity index (χ0v) is 22.0. The molecule has 2 aliphatic heterocycles. The molecule has 202 valence electrons. The van der Waals surface area contributed by atoms with Gasteiger partial charge in [0.05, 0.1) is 12.3 Å². The first kappa shape index (κ1) is 26.0. The molecule has 8 atom stereocenters. The van der Waals surface area contributed by atoms with Crippen LogP contribution in [0, 0.1) is 46.3 Å². The molecule has 0 radical (unpaired) electrons. The number of allylic oxidation sites excluding steroid dienone is 2. The van der Waals surface area contributed by atoms with Crippen LogP contribution in [0.25, 0.3) is 0 Å². The summed E-state index contributed by atoms with van der Waals surface area (Å²) in [6, 6.07) is 2.79. The van der Waals surface area contributed by atoms with E-state index < -0.39 is 29.4 Å². The second-order valence-electron chi connectivity index (χ2n) is 12.1. The lowest BCUT2D eigenvalue weighted by molar-refractivity contribution is -0.143. The summed E-state index contributed by atoms with van der Waals surface area (Å²) in [6.45, 7) is 6.59. The first-order chi connectivity index (χ1) is 18.1. The van der Waals surface area contributed by atoms with E-state index in [4.69, 9.17) is 4.42 Å². The van der Waals surface area contributed by atoms with E-state index in [1.807, 2.05) is 20.8 Å². The SMILES string of the molecule is CC(C)(C)[C@H](NC(=O)c1ccco1)C(=O)N1C[C@H]2[C@@H]([C@H]1C(=O)N[C@H](C#N)C[C@@H]1CCNC1=O)[C@H]1C=C[C@@H]2C1. The molecule has 1 saturated carbocycles. The van der Waals surface area contributed by atoms with Crippen molar-refractivity contribution in [2.24, 2.45) is 35.0 Å². The topological polar surface area (TPSA) is 145 Å². The van der Waals surface area contributed by atoms with Crippen molar-refractivity contribution >= 4 is 23.6 Å². The number of likely N-dealkylation sites (tertiary alicyclic amines) is 1. The number of hydrogen-bond acceptors (Lipinski definition) is 6. The Kier molecular flexibility index (Phi) is 6.80. The number of amides is 4. The van der Waals surface area contributed by atoms with Gasteiger partial charge in [-0.3, -0.25) is 19.2 Å². The molecule has 10 heteroatoms. The van der Waals surface area contributed by atoms with Gasteiger partial charge in [0.15, 0.2) is 5.76 Å². The van der Waals surface area contributed by atoms with Crippen molar-refractivity contribution in [3.8, 4) is 6.07 Å².